The van der Waals surface area contributed by atoms with Crippen molar-refractivity contribution in [3.05, 3.63) is 36.5 Å². The van der Waals surface area contributed by atoms with Gasteiger partial charge in [-0.05, 0) is 52.1 Å². The number of carbonyl (C=O) groups excluding carboxylic acids is 3. The first-order chi connectivity index (χ1) is 13.4. The van der Waals surface area contributed by atoms with Gasteiger partial charge in [0.15, 0.2) is 0 Å². The van der Waals surface area contributed by atoms with Crippen LogP contribution in [0.5, 0.6) is 0 Å². The van der Waals surface area contributed by atoms with Gasteiger partial charge in [0.05, 0.1) is 13.7 Å². The van der Waals surface area contributed by atoms with Gasteiger partial charge in [0, 0.05) is 11.7 Å². The average molecular weight is 403 g/mol. The van der Waals surface area contributed by atoms with Crippen LogP contribution in [0.15, 0.2) is 36.5 Å². The van der Waals surface area contributed by atoms with Crippen LogP contribution in [0, 0.1) is 0 Å². The van der Waals surface area contributed by atoms with Crippen molar-refractivity contribution in [3.8, 4) is 0 Å². The molecule has 0 fully saturated rings. The van der Waals surface area contributed by atoms with Crippen molar-refractivity contribution < 1.29 is 23.9 Å². The number of amides is 2. The topological polar surface area (TPSA) is 98.7 Å². The molecule has 0 radical (unpaired) electrons. The molecule has 0 aliphatic heterocycles. The monoisotopic (exact) mass is 403 g/mol. The molecule has 2 aromatic rings. The van der Waals surface area contributed by atoms with Gasteiger partial charge in [0.2, 0.25) is 5.91 Å². The summed E-state index contributed by atoms with van der Waals surface area (Å²) in [5.74, 6) is -1.11. The molecule has 0 aliphatic carbocycles. The van der Waals surface area contributed by atoms with Gasteiger partial charge < -0.3 is 24.7 Å². The first-order valence-electron chi connectivity index (χ1n) is 9.37. The Hall–Kier alpha value is -3.03. The second kappa shape index (κ2) is 8.55. The van der Waals surface area contributed by atoms with E-state index in [0.717, 1.165) is 10.9 Å². The maximum atomic E-state index is 12.8. The molecule has 8 nitrogen and oxygen atoms in total. The number of hydrogen-bond acceptors (Lipinski definition) is 5. The zero-order chi connectivity index (χ0) is 21.8. The zero-order valence-electron chi connectivity index (χ0n) is 17.7. The van der Waals surface area contributed by atoms with Gasteiger partial charge in [-0.25, -0.2) is 9.59 Å². The second-order valence-electron chi connectivity index (χ2n) is 8.33. The van der Waals surface area contributed by atoms with Crippen LogP contribution in [0.25, 0.3) is 10.9 Å². The minimum Gasteiger partial charge on any atom is -0.467 e. The lowest BCUT2D eigenvalue weighted by Gasteiger charge is -2.29. The number of aromatic nitrogens is 1. The molecular formula is C21H29N3O5. The van der Waals surface area contributed by atoms with E-state index in [2.05, 4.69) is 10.6 Å². The van der Waals surface area contributed by atoms with Crippen molar-refractivity contribution in [2.24, 2.45) is 0 Å². The number of benzene rings is 1. The molecule has 1 heterocycles. The number of fused-ring (bicyclic) bond motifs is 1. The Morgan fingerprint density at radius 1 is 1.07 bits per heavy atom. The normalized spacial score (nSPS) is 12.9. The summed E-state index contributed by atoms with van der Waals surface area (Å²) < 4.78 is 11.9. The number of carbonyl (C=O) groups is 3. The van der Waals surface area contributed by atoms with Gasteiger partial charge in [0.25, 0.3) is 0 Å². The van der Waals surface area contributed by atoms with Crippen LogP contribution in [0.2, 0.25) is 0 Å². The van der Waals surface area contributed by atoms with E-state index in [1.54, 1.807) is 20.8 Å². The van der Waals surface area contributed by atoms with E-state index < -0.39 is 35.2 Å². The van der Waals surface area contributed by atoms with Gasteiger partial charge in [0.1, 0.15) is 17.2 Å². The van der Waals surface area contributed by atoms with E-state index in [1.165, 1.54) is 21.0 Å². The van der Waals surface area contributed by atoms with Gasteiger partial charge >= 0.3 is 12.1 Å². The summed E-state index contributed by atoms with van der Waals surface area (Å²) in [6.45, 7) is 8.45. The number of para-hydroxylation sites is 1. The quantitative estimate of drug-likeness (QED) is 0.723. The van der Waals surface area contributed by atoms with E-state index in [4.69, 9.17) is 9.47 Å². The summed E-state index contributed by atoms with van der Waals surface area (Å²) in [6, 6.07) is 8.72. The van der Waals surface area contributed by atoms with Gasteiger partial charge in [-0.3, -0.25) is 4.79 Å². The fourth-order valence-corrected chi connectivity index (χ4v) is 2.77. The lowest BCUT2D eigenvalue weighted by molar-refractivity contribution is -0.146. The number of nitrogens with one attached hydrogen (secondary N) is 2. The highest BCUT2D eigenvalue weighted by molar-refractivity contribution is 5.92. The number of rotatable bonds is 6. The van der Waals surface area contributed by atoms with Crippen LogP contribution in [0.3, 0.4) is 0 Å². The molecule has 1 aromatic heterocycles. The minimum atomic E-state index is -1.30. The molecule has 0 spiro atoms. The van der Waals surface area contributed by atoms with Gasteiger partial charge in [-0.15, -0.1) is 0 Å². The predicted octanol–water partition coefficient (Wildman–Crippen LogP) is 2.60. The summed E-state index contributed by atoms with van der Waals surface area (Å²) in [6.07, 6.45) is 1.13. The largest absolute Gasteiger partial charge is 0.467 e. The summed E-state index contributed by atoms with van der Waals surface area (Å²) in [5.41, 5.74) is -1.06. The van der Waals surface area contributed by atoms with Gasteiger partial charge in [-0.2, -0.15) is 0 Å². The van der Waals surface area contributed by atoms with Crippen LogP contribution >= 0.6 is 0 Å². The molecule has 0 aliphatic rings. The molecule has 8 heteroatoms. The molecular weight excluding hydrogens is 374 g/mol. The first kappa shape index (κ1) is 22.3. The Morgan fingerprint density at radius 3 is 2.34 bits per heavy atom. The Balaban J connectivity index is 2.13. The number of nitrogens with zero attached hydrogens (tertiary/aromatic N) is 1. The smallest absolute Gasteiger partial charge is 0.408 e. The molecule has 0 unspecified atom stereocenters. The number of alkyl carbamates (subject to hydrolysis) is 1. The van der Waals surface area contributed by atoms with Crippen molar-refractivity contribution in [2.75, 3.05) is 7.11 Å². The van der Waals surface area contributed by atoms with Crippen LogP contribution in [-0.2, 0) is 25.6 Å². The van der Waals surface area contributed by atoms with E-state index in [0.29, 0.717) is 0 Å². The fraction of sp³-hybridized carbons (Fsp3) is 0.476. The third kappa shape index (κ3) is 5.97. The number of esters is 1. The summed E-state index contributed by atoms with van der Waals surface area (Å²) in [5, 5.41) is 6.23. The summed E-state index contributed by atoms with van der Waals surface area (Å²) in [7, 11) is 1.26. The standard InChI is InChI=1S/C21H29N3O5/c1-20(2,3)29-19(27)23-21(4,5)18(26)22-15(17(25)28-6)13-24-12-11-14-9-7-8-10-16(14)24/h7-12,15H,13H2,1-6H3,(H,22,26)(H,23,27)/t15-/m1/s1. The van der Waals surface area contributed by atoms with Crippen molar-refractivity contribution >= 4 is 28.9 Å². The highest BCUT2D eigenvalue weighted by Crippen LogP contribution is 2.16. The zero-order valence-corrected chi connectivity index (χ0v) is 17.7. The summed E-state index contributed by atoms with van der Waals surface area (Å²) in [4.78, 5) is 37.1. The maximum Gasteiger partial charge on any atom is 0.408 e. The molecule has 158 valence electrons. The Kier molecular flexibility index (Phi) is 6.56. The second-order valence-corrected chi connectivity index (χ2v) is 8.33. The van der Waals surface area contributed by atoms with Crippen LogP contribution in [0.4, 0.5) is 4.79 Å². The van der Waals surface area contributed by atoms with Crippen LogP contribution < -0.4 is 10.6 Å². The first-order valence-corrected chi connectivity index (χ1v) is 9.37. The number of hydrogen-bond donors (Lipinski definition) is 2. The van der Waals surface area contributed by atoms with E-state index in [-0.39, 0.29) is 6.54 Å². The van der Waals surface area contributed by atoms with Crippen molar-refractivity contribution in [1.82, 2.24) is 15.2 Å². The Labute approximate surface area is 170 Å². The van der Waals surface area contributed by atoms with Crippen molar-refractivity contribution in [3.63, 3.8) is 0 Å². The van der Waals surface area contributed by atoms with Crippen LogP contribution in [0.1, 0.15) is 34.6 Å². The molecule has 2 amide bonds. The Bertz CT molecular complexity index is 895. The lowest BCUT2D eigenvalue weighted by Crippen LogP contribution is -2.59. The SMILES string of the molecule is COC(=O)[C@@H](Cn1ccc2ccccc21)NC(=O)C(C)(C)NC(=O)OC(C)(C)C. The number of ether oxygens (including phenoxy) is 2. The van der Waals surface area contributed by atoms with Gasteiger partial charge in [-0.1, -0.05) is 18.2 Å². The van der Waals surface area contributed by atoms with Crippen LogP contribution in [-0.4, -0.2) is 46.8 Å². The average Bonchev–Trinajstić information content (AvgIpc) is 3.01. The fourth-order valence-electron chi connectivity index (χ4n) is 2.77. The molecule has 2 rings (SSSR count). The molecule has 0 saturated carbocycles. The number of methoxy groups -OCH3 is 1. The highest BCUT2D eigenvalue weighted by Gasteiger charge is 2.34. The lowest BCUT2D eigenvalue weighted by atomic mass is 10.0. The van der Waals surface area contributed by atoms with Crippen molar-refractivity contribution in [2.45, 2.75) is 58.3 Å². The molecule has 29 heavy (non-hydrogen) atoms. The molecule has 2 N–H and O–H groups in total. The molecule has 0 bridgehead atoms. The third-order valence-corrected chi connectivity index (χ3v) is 4.23. The molecule has 0 saturated heterocycles. The molecule has 1 aromatic carbocycles. The summed E-state index contributed by atoms with van der Waals surface area (Å²) >= 11 is 0. The van der Waals surface area contributed by atoms with Crippen molar-refractivity contribution in [1.29, 1.82) is 0 Å². The predicted molar refractivity (Wildman–Crippen MR) is 109 cm³/mol. The highest BCUT2D eigenvalue weighted by atomic mass is 16.6. The van der Waals surface area contributed by atoms with E-state index in [9.17, 15) is 14.4 Å². The molecule has 1 atom stereocenters. The maximum absolute atomic E-state index is 12.8. The Morgan fingerprint density at radius 2 is 1.72 bits per heavy atom. The minimum absolute atomic E-state index is 0.189. The van der Waals surface area contributed by atoms with E-state index in [1.807, 2.05) is 41.1 Å². The van der Waals surface area contributed by atoms with E-state index >= 15 is 0 Å². The third-order valence-electron chi connectivity index (χ3n) is 4.23.